The zero-order valence-electron chi connectivity index (χ0n) is 10.5. The van der Waals surface area contributed by atoms with Crippen LogP contribution in [0.4, 0.5) is 0 Å². The molecule has 0 radical (unpaired) electrons. The van der Waals surface area contributed by atoms with E-state index >= 15 is 0 Å². The summed E-state index contributed by atoms with van der Waals surface area (Å²) < 4.78 is 10.4. The van der Waals surface area contributed by atoms with E-state index < -0.39 is 12.2 Å². The minimum absolute atomic E-state index is 0.391. The van der Waals surface area contributed by atoms with E-state index in [1.54, 1.807) is 12.1 Å². The van der Waals surface area contributed by atoms with E-state index in [1.165, 1.54) is 6.92 Å². The highest BCUT2D eigenvalue weighted by Crippen LogP contribution is 2.17. The molecule has 2 N–H and O–H groups in total. The van der Waals surface area contributed by atoms with Crippen LogP contribution in [0, 0.1) is 5.92 Å². The first-order valence-electron chi connectivity index (χ1n) is 5.64. The SMILES string of the molecule is CC(=O)OC(N)c1ccc(OCC(C)C)cc1. The van der Waals surface area contributed by atoms with Crippen molar-refractivity contribution in [3.05, 3.63) is 29.8 Å². The number of carbonyl (C=O) groups excluding carboxylic acids is 1. The van der Waals surface area contributed by atoms with E-state index in [9.17, 15) is 4.79 Å². The van der Waals surface area contributed by atoms with Crippen molar-refractivity contribution in [2.75, 3.05) is 6.61 Å². The van der Waals surface area contributed by atoms with Crippen molar-refractivity contribution < 1.29 is 14.3 Å². The van der Waals surface area contributed by atoms with Gasteiger partial charge in [-0.25, -0.2) is 0 Å². The summed E-state index contributed by atoms with van der Waals surface area (Å²) in [6.45, 7) is 6.19. The fourth-order valence-electron chi connectivity index (χ4n) is 1.26. The first-order valence-corrected chi connectivity index (χ1v) is 5.64. The molecule has 0 aliphatic heterocycles. The lowest BCUT2D eigenvalue weighted by Crippen LogP contribution is -2.17. The highest BCUT2D eigenvalue weighted by Gasteiger charge is 2.08. The Labute approximate surface area is 102 Å². The number of carbonyl (C=O) groups is 1. The van der Waals surface area contributed by atoms with Crippen molar-refractivity contribution in [2.24, 2.45) is 11.7 Å². The Morgan fingerprint density at radius 1 is 1.29 bits per heavy atom. The molecule has 0 aromatic heterocycles. The minimum atomic E-state index is -0.716. The van der Waals surface area contributed by atoms with Crippen LogP contribution in [-0.2, 0) is 9.53 Å². The lowest BCUT2D eigenvalue weighted by atomic mass is 10.2. The number of ether oxygens (including phenoxy) is 2. The van der Waals surface area contributed by atoms with E-state index in [1.807, 2.05) is 12.1 Å². The molecular weight excluding hydrogens is 218 g/mol. The molecule has 4 heteroatoms. The lowest BCUT2D eigenvalue weighted by Gasteiger charge is -2.13. The van der Waals surface area contributed by atoms with Crippen molar-refractivity contribution in [2.45, 2.75) is 27.0 Å². The topological polar surface area (TPSA) is 61.5 Å². The second-order valence-corrected chi connectivity index (χ2v) is 4.30. The molecule has 0 saturated heterocycles. The summed E-state index contributed by atoms with van der Waals surface area (Å²) in [6, 6.07) is 7.23. The molecule has 1 rings (SSSR count). The third-order valence-corrected chi connectivity index (χ3v) is 2.08. The molecule has 1 aromatic carbocycles. The molecule has 0 amide bonds. The van der Waals surface area contributed by atoms with Gasteiger partial charge in [-0.2, -0.15) is 0 Å². The van der Waals surface area contributed by atoms with Crippen molar-refractivity contribution in [3.63, 3.8) is 0 Å². The number of benzene rings is 1. The quantitative estimate of drug-likeness (QED) is 0.630. The third-order valence-electron chi connectivity index (χ3n) is 2.08. The van der Waals surface area contributed by atoms with Gasteiger partial charge >= 0.3 is 5.97 Å². The first-order chi connectivity index (χ1) is 7.99. The van der Waals surface area contributed by atoms with Crippen LogP contribution in [-0.4, -0.2) is 12.6 Å². The molecule has 0 spiro atoms. The van der Waals surface area contributed by atoms with Gasteiger partial charge in [-0.3, -0.25) is 10.5 Å². The molecule has 0 saturated carbocycles. The van der Waals surface area contributed by atoms with E-state index in [4.69, 9.17) is 15.2 Å². The number of hydrogen-bond donors (Lipinski definition) is 1. The van der Waals surface area contributed by atoms with Gasteiger partial charge in [0.05, 0.1) is 6.61 Å². The fourth-order valence-corrected chi connectivity index (χ4v) is 1.26. The van der Waals surface area contributed by atoms with Crippen molar-refractivity contribution in [3.8, 4) is 5.75 Å². The number of nitrogens with two attached hydrogens (primary N) is 1. The molecule has 0 bridgehead atoms. The highest BCUT2D eigenvalue weighted by molar-refractivity contribution is 5.66. The van der Waals surface area contributed by atoms with Crippen LogP contribution in [0.3, 0.4) is 0 Å². The molecule has 1 unspecified atom stereocenters. The molecule has 0 fully saturated rings. The van der Waals surface area contributed by atoms with Crippen molar-refractivity contribution in [1.82, 2.24) is 0 Å². The minimum Gasteiger partial charge on any atom is -0.493 e. The molecule has 0 heterocycles. The predicted octanol–water partition coefficient (Wildman–Crippen LogP) is 2.24. The summed E-state index contributed by atoms with van der Waals surface area (Å²) in [5.41, 5.74) is 6.43. The van der Waals surface area contributed by atoms with E-state index in [2.05, 4.69) is 13.8 Å². The zero-order valence-corrected chi connectivity index (χ0v) is 10.5. The second kappa shape index (κ2) is 6.25. The van der Waals surface area contributed by atoms with E-state index in [-0.39, 0.29) is 0 Å². The van der Waals surface area contributed by atoms with Crippen LogP contribution < -0.4 is 10.5 Å². The standard InChI is InChI=1S/C13H19NO3/c1-9(2)8-16-12-6-4-11(5-7-12)13(14)17-10(3)15/h4-7,9,13H,8,14H2,1-3H3. The average Bonchev–Trinajstić information content (AvgIpc) is 2.26. The third kappa shape index (κ3) is 4.87. The summed E-state index contributed by atoms with van der Waals surface area (Å²) in [4.78, 5) is 10.7. The number of esters is 1. The number of hydrogen-bond acceptors (Lipinski definition) is 4. The maximum absolute atomic E-state index is 10.7. The average molecular weight is 237 g/mol. The molecular formula is C13H19NO3. The highest BCUT2D eigenvalue weighted by atomic mass is 16.6. The predicted molar refractivity (Wildman–Crippen MR) is 65.5 cm³/mol. The van der Waals surface area contributed by atoms with Gasteiger partial charge in [0.1, 0.15) is 5.75 Å². The van der Waals surface area contributed by atoms with Gasteiger partial charge in [-0.05, 0) is 18.1 Å². The Hall–Kier alpha value is -1.55. The van der Waals surface area contributed by atoms with Crippen molar-refractivity contribution >= 4 is 5.97 Å². The smallest absolute Gasteiger partial charge is 0.304 e. The lowest BCUT2D eigenvalue weighted by molar-refractivity contribution is -0.146. The maximum atomic E-state index is 10.7. The zero-order chi connectivity index (χ0) is 12.8. The van der Waals surface area contributed by atoms with Crippen LogP contribution in [0.2, 0.25) is 0 Å². The van der Waals surface area contributed by atoms with Gasteiger partial charge in [0, 0.05) is 12.5 Å². The van der Waals surface area contributed by atoms with Gasteiger partial charge in [-0.1, -0.05) is 26.0 Å². The summed E-state index contributed by atoms with van der Waals surface area (Å²) in [5.74, 6) is 0.882. The maximum Gasteiger partial charge on any atom is 0.304 e. The van der Waals surface area contributed by atoms with Crippen LogP contribution >= 0.6 is 0 Å². The fraction of sp³-hybridized carbons (Fsp3) is 0.462. The first kappa shape index (κ1) is 13.5. The van der Waals surface area contributed by atoms with E-state index in [0.29, 0.717) is 12.5 Å². The molecule has 1 atom stereocenters. The number of rotatable bonds is 5. The molecule has 4 nitrogen and oxygen atoms in total. The molecule has 0 aliphatic carbocycles. The summed E-state index contributed by atoms with van der Waals surface area (Å²) >= 11 is 0. The van der Waals surface area contributed by atoms with Gasteiger partial charge in [0.2, 0.25) is 0 Å². The molecule has 0 aliphatic rings. The van der Waals surface area contributed by atoms with Crippen molar-refractivity contribution in [1.29, 1.82) is 0 Å². The van der Waals surface area contributed by atoms with Crippen LogP contribution in [0.5, 0.6) is 5.75 Å². The Balaban J connectivity index is 2.58. The van der Waals surface area contributed by atoms with E-state index in [0.717, 1.165) is 11.3 Å². The normalized spacial score (nSPS) is 12.3. The van der Waals surface area contributed by atoms with Gasteiger partial charge < -0.3 is 9.47 Å². The molecule has 1 aromatic rings. The van der Waals surface area contributed by atoms with Crippen LogP contribution in [0.1, 0.15) is 32.6 Å². The monoisotopic (exact) mass is 237 g/mol. The Kier molecular flexibility index (Phi) is 4.97. The van der Waals surface area contributed by atoms with Gasteiger partial charge in [0.15, 0.2) is 6.23 Å². The Morgan fingerprint density at radius 2 is 1.88 bits per heavy atom. The molecule has 94 valence electrons. The summed E-state index contributed by atoms with van der Waals surface area (Å²) in [5, 5.41) is 0. The summed E-state index contributed by atoms with van der Waals surface area (Å²) in [6.07, 6.45) is -0.716. The van der Waals surface area contributed by atoms with Gasteiger partial charge in [-0.15, -0.1) is 0 Å². The largest absolute Gasteiger partial charge is 0.493 e. The van der Waals surface area contributed by atoms with Crippen LogP contribution in [0.15, 0.2) is 24.3 Å². The Bertz CT molecular complexity index is 359. The Morgan fingerprint density at radius 3 is 2.35 bits per heavy atom. The summed E-state index contributed by atoms with van der Waals surface area (Å²) in [7, 11) is 0. The van der Waals surface area contributed by atoms with Crippen LogP contribution in [0.25, 0.3) is 0 Å². The second-order valence-electron chi connectivity index (χ2n) is 4.30. The van der Waals surface area contributed by atoms with Gasteiger partial charge in [0.25, 0.3) is 0 Å². The molecule has 17 heavy (non-hydrogen) atoms.